The Morgan fingerprint density at radius 2 is 2.14 bits per heavy atom. The number of carbonyl (C=O) groups excluding carboxylic acids is 1. The number of halogens is 1. The van der Waals surface area contributed by atoms with E-state index in [0.717, 1.165) is 22.2 Å². The number of thiophene rings is 1. The Morgan fingerprint density at radius 1 is 1.50 bits per heavy atom. The predicted molar refractivity (Wildman–Crippen MR) is 64.8 cm³/mol. The lowest BCUT2D eigenvalue weighted by Gasteiger charge is -2.09. The normalized spacial score (nSPS) is 10.9. The summed E-state index contributed by atoms with van der Waals surface area (Å²) < 4.78 is 1.07. The van der Waals surface area contributed by atoms with Crippen molar-refractivity contribution in [2.75, 3.05) is 0 Å². The number of ketones is 1. The van der Waals surface area contributed by atoms with Gasteiger partial charge in [0.15, 0.2) is 0 Å². The van der Waals surface area contributed by atoms with Gasteiger partial charge in [-0.15, -0.1) is 11.3 Å². The first-order chi connectivity index (χ1) is 6.69. The van der Waals surface area contributed by atoms with E-state index in [0.29, 0.717) is 12.2 Å². The van der Waals surface area contributed by atoms with Crippen molar-refractivity contribution >= 4 is 33.0 Å². The first-order valence-electron chi connectivity index (χ1n) is 4.93. The second-order valence-electron chi connectivity index (χ2n) is 3.35. The van der Waals surface area contributed by atoms with Crippen molar-refractivity contribution in [3.05, 3.63) is 20.8 Å². The maximum atomic E-state index is 11.8. The zero-order chi connectivity index (χ0) is 10.6. The van der Waals surface area contributed by atoms with Gasteiger partial charge in [0.25, 0.3) is 0 Å². The van der Waals surface area contributed by atoms with Crippen LogP contribution >= 0.6 is 27.3 Å². The van der Waals surface area contributed by atoms with E-state index < -0.39 is 0 Å². The molecule has 0 radical (unpaired) electrons. The second-order valence-corrected chi connectivity index (χ2v) is 5.20. The summed E-state index contributed by atoms with van der Waals surface area (Å²) in [6, 6.07) is 2.00. The predicted octanol–water partition coefficient (Wildman–Crippen LogP) is 4.06. The fourth-order valence-corrected chi connectivity index (χ4v) is 3.00. The lowest BCUT2D eigenvalue weighted by molar-refractivity contribution is -0.122. The summed E-state index contributed by atoms with van der Waals surface area (Å²) >= 11 is 5.09. The molecule has 0 unspecified atom stereocenters. The molecule has 0 N–H and O–H groups in total. The fourth-order valence-electron chi connectivity index (χ4n) is 1.50. The highest BCUT2D eigenvalue weighted by molar-refractivity contribution is 9.10. The smallest absolute Gasteiger partial charge is 0.141 e. The van der Waals surface area contributed by atoms with Crippen LogP contribution < -0.4 is 0 Å². The first-order valence-corrected chi connectivity index (χ1v) is 6.60. The topological polar surface area (TPSA) is 17.1 Å². The van der Waals surface area contributed by atoms with E-state index in [2.05, 4.69) is 29.8 Å². The van der Waals surface area contributed by atoms with Gasteiger partial charge in [-0.05, 0) is 40.2 Å². The molecule has 0 aromatic carbocycles. The first kappa shape index (κ1) is 11.9. The Morgan fingerprint density at radius 3 is 2.57 bits per heavy atom. The van der Waals surface area contributed by atoms with Crippen LogP contribution in [0.1, 0.15) is 31.6 Å². The summed E-state index contributed by atoms with van der Waals surface area (Å²) in [6.45, 7) is 4.16. The highest BCUT2D eigenvalue weighted by atomic mass is 79.9. The summed E-state index contributed by atoms with van der Waals surface area (Å²) in [5.74, 6) is 0.613. The molecular formula is C11H15BrOS. The van der Waals surface area contributed by atoms with E-state index in [9.17, 15) is 4.79 Å². The highest BCUT2D eigenvalue weighted by Crippen LogP contribution is 2.25. The van der Waals surface area contributed by atoms with Gasteiger partial charge in [-0.3, -0.25) is 4.79 Å². The monoisotopic (exact) mass is 274 g/mol. The van der Waals surface area contributed by atoms with Gasteiger partial charge in [0.2, 0.25) is 0 Å². The molecule has 1 rings (SSSR count). The molecule has 0 saturated heterocycles. The van der Waals surface area contributed by atoms with Crippen LogP contribution in [0.5, 0.6) is 0 Å². The maximum absolute atomic E-state index is 11.8. The molecule has 0 bridgehead atoms. The van der Waals surface area contributed by atoms with Crippen LogP contribution in [0.2, 0.25) is 0 Å². The van der Waals surface area contributed by atoms with Crippen LogP contribution in [0.25, 0.3) is 0 Å². The lowest BCUT2D eigenvalue weighted by atomic mass is 9.96. The Hall–Kier alpha value is -0.150. The van der Waals surface area contributed by atoms with Gasteiger partial charge in [0, 0.05) is 21.7 Å². The summed E-state index contributed by atoms with van der Waals surface area (Å²) in [4.78, 5) is 13.0. The van der Waals surface area contributed by atoms with Gasteiger partial charge >= 0.3 is 0 Å². The van der Waals surface area contributed by atoms with E-state index in [-0.39, 0.29) is 5.92 Å². The molecule has 1 aromatic heterocycles. The van der Waals surface area contributed by atoms with Crippen molar-refractivity contribution in [1.82, 2.24) is 0 Å². The van der Waals surface area contributed by atoms with E-state index in [1.54, 1.807) is 11.3 Å². The van der Waals surface area contributed by atoms with Crippen molar-refractivity contribution in [2.24, 2.45) is 5.92 Å². The molecule has 0 aliphatic rings. The fraction of sp³-hybridized carbons (Fsp3) is 0.545. The van der Waals surface area contributed by atoms with Crippen molar-refractivity contribution in [3.8, 4) is 0 Å². The molecule has 0 spiro atoms. The van der Waals surface area contributed by atoms with Crippen molar-refractivity contribution in [1.29, 1.82) is 0 Å². The molecule has 0 saturated carbocycles. The van der Waals surface area contributed by atoms with Crippen LogP contribution in [0.3, 0.4) is 0 Å². The van der Waals surface area contributed by atoms with Crippen LogP contribution in [0.15, 0.2) is 15.9 Å². The van der Waals surface area contributed by atoms with E-state index in [1.165, 1.54) is 0 Å². The van der Waals surface area contributed by atoms with E-state index in [1.807, 2.05) is 11.4 Å². The largest absolute Gasteiger partial charge is 0.299 e. The third-order valence-electron chi connectivity index (χ3n) is 2.47. The van der Waals surface area contributed by atoms with Gasteiger partial charge < -0.3 is 0 Å². The van der Waals surface area contributed by atoms with Crippen molar-refractivity contribution in [3.63, 3.8) is 0 Å². The van der Waals surface area contributed by atoms with Crippen LogP contribution in [-0.4, -0.2) is 5.78 Å². The minimum atomic E-state index is 0.240. The molecule has 0 aliphatic heterocycles. The van der Waals surface area contributed by atoms with Crippen LogP contribution in [0, 0.1) is 5.92 Å². The molecule has 1 aromatic rings. The third-order valence-corrected chi connectivity index (χ3v) is 4.39. The Balaban J connectivity index is 2.61. The zero-order valence-electron chi connectivity index (χ0n) is 8.55. The second kappa shape index (κ2) is 5.66. The number of hydrogen-bond acceptors (Lipinski definition) is 2. The molecule has 0 amide bonds. The Kier molecular flexibility index (Phi) is 4.82. The Bertz CT molecular complexity index is 302. The quantitative estimate of drug-likeness (QED) is 0.792. The third kappa shape index (κ3) is 2.92. The number of hydrogen-bond donors (Lipinski definition) is 0. The Labute approximate surface area is 97.7 Å². The minimum Gasteiger partial charge on any atom is -0.299 e. The van der Waals surface area contributed by atoms with Gasteiger partial charge in [-0.25, -0.2) is 0 Å². The summed E-state index contributed by atoms with van der Waals surface area (Å²) in [7, 11) is 0. The molecule has 3 heteroatoms. The van der Waals surface area contributed by atoms with Gasteiger partial charge in [0.05, 0.1) is 0 Å². The number of Topliss-reactive ketones (excluding diaryl/α,β-unsaturated/α-hetero) is 1. The minimum absolute atomic E-state index is 0.240. The van der Waals surface area contributed by atoms with Crippen molar-refractivity contribution in [2.45, 2.75) is 33.1 Å². The molecule has 1 heterocycles. The highest BCUT2D eigenvalue weighted by Gasteiger charge is 2.16. The van der Waals surface area contributed by atoms with Gasteiger partial charge in [-0.1, -0.05) is 13.8 Å². The molecule has 78 valence electrons. The average molecular weight is 275 g/mol. The molecule has 0 aliphatic carbocycles. The average Bonchev–Trinajstić information content (AvgIpc) is 2.54. The molecule has 0 atom stereocenters. The molecule has 1 nitrogen and oxygen atoms in total. The zero-order valence-corrected chi connectivity index (χ0v) is 11.0. The van der Waals surface area contributed by atoms with Gasteiger partial charge in [0.1, 0.15) is 5.78 Å². The molecule has 14 heavy (non-hydrogen) atoms. The van der Waals surface area contributed by atoms with E-state index >= 15 is 0 Å². The van der Waals surface area contributed by atoms with Gasteiger partial charge in [-0.2, -0.15) is 0 Å². The molecular weight excluding hydrogens is 260 g/mol. The van der Waals surface area contributed by atoms with E-state index in [4.69, 9.17) is 0 Å². The summed E-state index contributed by atoms with van der Waals surface area (Å²) in [5, 5.41) is 2.01. The lowest BCUT2D eigenvalue weighted by Crippen LogP contribution is -2.14. The van der Waals surface area contributed by atoms with Crippen LogP contribution in [-0.2, 0) is 11.2 Å². The van der Waals surface area contributed by atoms with Crippen LogP contribution in [0.4, 0.5) is 0 Å². The maximum Gasteiger partial charge on any atom is 0.141 e. The number of rotatable bonds is 5. The summed E-state index contributed by atoms with van der Waals surface area (Å²) in [5.41, 5.74) is 0. The van der Waals surface area contributed by atoms with Crippen molar-refractivity contribution < 1.29 is 4.79 Å². The summed E-state index contributed by atoms with van der Waals surface area (Å²) in [6.07, 6.45) is 2.50. The standard InChI is InChI=1S/C11H15BrOS/c1-3-8(4-2)10(13)7-11-9(12)5-6-14-11/h5-6,8H,3-4,7H2,1-2H3. The number of carbonyl (C=O) groups is 1. The SMILES string of the molecule is CCC(CC)C(=O)Cc1sccc1Br. The molecule has 0 fully saturated rings.